The van der Waals surface area contributed by atoms with Crippen LogP contribution < -0.4 is 5.32 Å². The van der Waals surface area contributed by atoms with Gasteiger partial charge >= 0.3 is 0 Å². The first-order chi connectivity index (χ1) is 9.11. The van der Waals surface area contributed by atoms with Gasteiger partial charge in [-0.15, -0.1) is 12.4 Å². The maximum Gasteiger partial charge on any atom is 0.244 e. The van der Waals surface area contributed by atoms with E-state index < -0.39 is 0 Å². The van der Waals surface area contributed by atoms with Gasteiger partial charge < -0.3 is 10.2 Å². The van der Waals surface area contributed by atoms with Crippen LogP contribution in [-0.4, -0.2) is 45.8 Å². The highest BCUT2D eigenvalue weighted by Gasteiger charge is 2.36. The summed E-state index contributed by atoms with van der Waals surface area (Å²) in [6, 6.07) is 1.60. The molecule has 3 heterocycles. The van der Waals surface area contributed by atoms with Crippen LogP contribution in [0.4, 0.5) is 0 Å². The van der Waals surface area contributed by atoms with Crippen LogP contribution in [0, 0.1) is 0 Å². The zero-order chi connectivity index (χ0) is 13.4. The van der Waals surface area contributed by atoms with Crippen LogP contribution in [0.1, 0.15) is 25.7 Å². The number of carbonyl (C=O) groups excluding carboxylic acids is 1. The molecule has 1 aromatic rings. The number of halogens is 2. The van der Waals surface area contributed by atoms with Gasteiger partial charge in [-0.3, -0.25) is 9.48 Å². The molecule has 0 radical (unpaired) electrons. The van der Waals surface area contributed by atoms with E-state index in [1.807, 2.05) is 18.1 Å². The maximum absolute atomic E-state index is 12.3. The van der Waals surface area contributed by atoms with Gasteiger partial charge in [0, 0.05) is 31.4 Å². The molecular formula is C13H20BrClN4O. The normalized spacial score (nSPS) is 28.0. The number of rotatable bonds is 3. The smallest absolute Gasteiger partial charge is 0.244 e. The Morgan fingerprint density at radius 3 is 2.70 bits per heavy atom. The van der Waals surface area contributed by atoms with Crippen LogP contribution >= 0.6 is 28.3 Å². The molecule has 3 rings (SSSR count). The second kappa shape index (κ2) is 6.45. The van der Waals surface area contributed by atoms with Crippen molar-refractivity contribution >= 4 is 34.2 Å². The van der Waals surface area contributed by atoms with Gasteiger partial charge in [-0.05, 0) is 41.6 Å². The van der Waals surface area contributed by atoms with Gasteiger partial charge in [-0.25, -0.2) is 0 Å². The third-order valence-corrected chi connectivity index (χ3v) is 4.70. The zero-order valence-electron chi connectivity index (χ0n) is 11.5. The molecular weight excluding hydrogens is 344 g/mol. The van der Waals surface area contributed by atoms with Gasteiger partial charge in [0.1, 0.15) is 6.54 Å². The third-order valence-electron chi connectivity index (χ3n) is 4.29. The predicted octanol–water partition coefficient (Wildman–Crippen LogP) is 1.81. The van der Waals surface area contributed by atoms with E-state index in [1.165, 1.54) is 12.8 Å². The molecule has 2 saturated heterocycles. The lowest BCUT2D eigenvalue weighted by atomic mass is 9.98. The average molecular weight is 364 g/mol. The topological polar surface area (TPSA) is 50.2 Å². The lowest BCUT2D eigenvalue weighted by molar-refractivity contribution is -0.133. The molecule has 2 bridgehead atoms. The Labute approximate surface area is 133 Å². The van der Waals surface area contributed by atoms with E-state index in [-0.39, 0.29) is 18.3 Å². The average Bonchev–Trinajstić information content (AvgIpc) is 2.94. The molecule has 0 saturated carbocycles. The fourth-order valence-corrected chi connectivity index (χ4v) is 3.55. The summed E-state index contributed by atoms with van der Waals surface area (Å²) in [6.07, 6.45) is 8.23. The minimum absolute atomic E-state index is 0. The van der Waals surface area contributed by atoms with Gasteiger partial charge in [0.15, 0.2) is 0 Å². The SMILES string of the molecule is CN(C(=O)Cn1cc(Br)cn1)C1CC2CCC(C1)N2.Cl. The summed E-state index contributed by atoms with van der Waals surface area (Å²) in [6.45, 7) is 0.321. The number of aromatic nitrogens is 2. The lowest BCUT2D eigenvalue weighted by Crippen LogP contribution is -2.49. The Morgan fingerprint density at radius 2 is 2.15 bits per heavy atom. The first kappa shape index (κ1) is 15.8. The molecule has 112 valence electrons. The molecule has 2 aliphatic heterocycles. The fraction of sp³-hybridized carbons (Fsp3) is 0.692. The van der Waals surface area contributed by atoms with E-state index in [9.17, 15) is 4.79 Å². The van der Waals surface area contributed by atoms with Gasteiger partial charge in [0.25, 0.3) is 0 Å². The van der Waals surface area contributed by atoms with Crippen LogP contribution in [0.5, 0.6) is 0 Å². The molecule has 1 N–H and O–H groups in total. The maximum atomic E-state index is 12.3. The number of amides is 1. The quantitative estimate of drug-likeness (QED) is 0.891. The standard InChI is InChI=1S/C13H19BrN4O.ClH/c1-17(12-4-10-2-3-11(5-12)16-10)13(19)8-18-7-9(14)6-15-18;/h6-7,10-12,16H,2-5,8H2,1H3;1H. The number of piperidine rings is 1. The predicted molar refractivity (Wildman–Crippen MR) is 82.9 cm³/mol. The summed E-state index contributed by atoms with van der Waals surface area (Å²) in [5.74, 6) is 0.141. The van der Waals surface area contributed by atoms with E-state index in [4.69, 9.17) is 0 Å². The molecule has 2 unspecified atom stereocenters. The van der Waals surface area contributed by atoms with Crippen molar-refractivity contribution in [2.24, 2.45) is 0 Å². The number of likely N-dealkylation sites (N-methyl/N-ethyl adjacent to an activating group) is 1. The number of nitrogens with one attached hydrogen (secondary N) is 1. The molecule has 1 amide bonds. The Bertz CT molecular complexity index is 469. The molecule has 0 spiro atoms. The Hall–Kier alpha value is -0.590. The summed E-state index contributed by atoms with van der Waals surface area (Å²) in [5, 5.41) is 7.74. The molecule has 5 nitrogen and oxygen atoms in total. The van der Waals surface area contributed by atoms with Crippen LogP contribution in [0.2, 0.25) is 0 Å². The van der Waals surface area contributed by atoms with Crippen LogP contribution in [0.15, 0.2) is 16.9 Å². The lowest BCUT2D eigenvalue weighted by Gasteiger charge is -2.35. The number of hydrogen-bond donors (Lipinski definition) is 1. The van der Waals surface area contributed by atoms with Crippen molar-refractivity contribution in [2.45, 2.75) is 50.4 Å². The third kappa shape index (κ3) is 3.35. The molecule has 2 fully saturated rings. The Kier molecular flexibility index (Phi) is 5.09. The van der Waals surface area contributed by atoms with E-state index in [2.05, 4.69) is 26.3 Å². The molecule has 0 aliphatic carbocycles. The van der Waals surface area contributed by atoms with Crippen molar-refractivity contribution in [1.29, 1.82) is 0 Å². The van der Waals surface area contributed by atoms with Crippen molar-refractivity contribution in [1.82, 2.24) is 20.0 Å². The number of nitrogens with zero attached hydrogens (tertiary/aromatic N) is 3. The van der Waals surface area contributed by atoms with E-state index in [0.717, 1.165) is 17.3 Å². The van der Waals surface area contributed by atoms with Crippen LogP contribution in [0.25, 0.3) is 0 Å². The van der Waals surface area contributed by atoms with Crippen molar-refractivity contribution in [3.05, 3.63) is 16.9 Å². The van der Waals surface area contributed by atoms with Gasteiger partial charge in [0.2, 0.25) is 5.91 Å². The van der Waals surface area contributed by atoms with Gasteiger partial charge in [-0.1, -0.05) is 0 Å². The summed E-state index contributed by atoms with van der Waals surface area (Å²) in [5.41, 5.74) is 0. The van der Waals surface area contributed by atoms with E-state index in [1.54, 1.807) is 10.9 Å². The van der Waals surface area contributed by atoms with Crippen molar-refractivity contribution in [3.8, 4) is 0 Å². The van der Waals surface area contributed by atoms with Crippen molar-refractivity contribution in [2.75, 3.05) is 7.05 Å². The highest BCUT2D eigenvalue weighted by atomic mass is 79.9. The molecule has 2 atom stereocenters. The summed E-state index contributed by atoms with van der Waals surface area (Å²) in [4.78, 5) is 14.2. The summed E-state index contributed by atoms with van der Waals surface area (Å²) in [7, 11) is 1.93. The number of fused-ring (bicyclic) bond motifs is 2. The fourth-order valence-electron chi connectivity index (χ4n) is 3.22. The van der Waals surface area contributed by atoms with Crippen molar-refractivity contribution in [3.63, 3.8) is 0 Å². The largest absolute Gasteiger partial charge is 0.341 e. The summed E-state index contributed by atoms with van der Waals surface area (Å²) < 4.78 is 2.58. The second-order valence-corrected chi connectivity index (χ2v) is 6.54. The van der Waals surface area contributed by atoms with Crippen LogP contribution in [-0.2, 0) is 11.3 Å². The zero-order valence-corrected chi connectivity index (χ0v) is 13.9. The molecule has 2 aliphatic rings. The molecule has 0 aromatic carbocycles. The molecule has 1 aromatic heterocycles. The van der Waals surface area contributed by atoms with E-state index >= 15 is 0 Å². The highest BCUT2D eigenvalue weighted by molar-refractivity contribution is 9.10. The minimum Gasteiger partial charge on any atom is -0.341 e. The molecule has 20 heavy (non-hydrogen) atoms. The van der Waals surface area contributed by atoms with Crippen LogP contribution in [0.3, 0.4) is 0 Å². The first-order valence-electron chi connectivity index (χ1n) is 6.81. The second-order valence-electron chi connectivity index (χ2n) is 5.62. The summed E-state index contributed by atoms with van der Waals surface area (Å²) >= 11 is 3.34. The first-order valence-corrected chi connectivity index (χ1v) is 7.61. The van der Waals surface area contributed by atoms with Crippen molar-refractivity contribution < 1.29 is 4.79 Å². The van der Waals surface area contributed by atoms with Gasteiger partial charge in [-0.2, -0.15) is 5.10 Å². The number of carbonyl (C=O) groups is 1. The number of hydrogen-bond acceptors (Lipinski definition) is 3. The van der Waals surface area contributed by atoms with E-state index in [0.29, 0.717) is 24.7 Å². The Morgan fingerprint density at radius 1 is 1.50 bits per heavy atom. The monoisotopic (exact) mass is 362 g/mol. The Balaban J connectivity index is 0.00000147. The minimum atomic E-state index is 0. The highest BCUT2D eigenvalue weighted by Crippen LogP contribution is 2.29. The van der Waals surface area contributed by atoms with Gasteiger partial charge in [0.05, 0.1) is 10.7 Å². The molecule has 7 heteroatoms.